The largest absolute Gasteiger partial charge is 0.497 e. The van der Waals surface area contributed by atoms with Crippen LogP contribution in [0.4, 0.5) is 0 Å². The van der Waals surface area contributed by atoms with E-state index in [9.17, 15) is 4.79 Å². The van der Waals surface area contributed by atoms with Crippen molar-refractivity contribution in [2.24, 2.45) is 5.92 Å². The molecule has 0 atom stereocenters. The quantitative estimate of drug-likeness (QED) is 0.723. The molecular weight excluding hydrogens is 314 g/mol. The number of hydrogen-bond donors (Lipinski definition) is 0. The molecule has 140 valence electrons. The minimum atomic E-state index is 0.197. The van der Waals surface area contributed by atoms with Crippen molar-refractivity contribution in [1.82, 2.24) is 14.7 Å². The van der Waals surface area contributed by atoms with Crippen molar-refractivity contribution in [2.45, 2.75) is 25.8 Å². The second-order valence-electron chi connectivity index (χ2n) is 7.41. The molecule has 2 rings (SSSR count). The standard InChI is InChI=1S/C20H33N3O2/c1-21(2)12-9-17-10-13-23(14-11-17)16-20(24)22(3)15-18-5-7-19(25-4)8-6-18/h5-8,17H,9-16H2,1-4H3. The fourth-order valence-corrected chi connectivity index (χ4v) is 3.28. The zero-order valence-corrected chi connectivity index (χ0v) is 16.2. The summed E-state index contributed by atoms with van der Waals surface area (Å²) in [5, 5.41) is 0. The van der Waals surface area contributed by atoms with E-state index >= 15 is 0 Å². The Labute approximate surface area is 152 Å². The molecule has 0 unspecified atom stereocenters. The summed E-state index contributed by atoms with van der Waals surface area (Å²) in [4.78, 5) is 18.9. The first-order valence-corrected chi connectivity index (χ1v) is 9.22. The molecule has 1 aliphatic heterocycles. The van der Waals surface area contributed by atoms with Gasteiger partial charge >= 0.3 is 0 Å². The Morgan fingerprint density at radius 2 is 1.80 bits per heavy atom. The predicted molar refractivity (Wildman–Crippen MR) is 102 cm³/mol. The van der Waals surface area contributed by atoms with Crippen LogP contribution in [-0.4, -0.2) is 75.0 Å². The van der Waals surface area contributed by atoms with Gasteiger partial charge in [0, 0.05) is 13.6 Å². The number of likely N-dealkylation sites (N-methyl/N-ethyl adjacent to an activating group) is 1. The lowest BCUT2D eigenvalue weighted by Crippen LogP contribution is -2.42. The number of amides is 1. The van der Waals surface area contributed by atoms with Gasteiger partial charge in [0.05, 0.1) is 13.7 Å². The fraction of sp³-hybridized carbons (Fsp3) is 0.650. The predicted octanol–water partition coefficient (Wildman–Crippen LogP) is 2.32. The monoisotopic (exact) mass is 347 g/mol. The van der Waals surface area contributed by atoms with Crippen molar-refractivity contribution in [1.29, 1.82) is 0 Å². The summed E-state index contributed by atoms with van der Waals surface area (Å²) in [7, 11) is 7.81. The number of rotatable bonds is 8. The van der Waals surface area contributed by atoms with Crippen LogP contribution in [0.15, 0.2) is 24.3 Å². The molecule has 0 radical (unpaired) electrons. The van der Waals surface area contributed by atoms with Crippen molar-refractivity contribution >= 4 is 5.91 Å². The maximum absolute atomic E-state index is 12.5. The molecule has 1 fully saturated rings. The van der Waals surface area contributed by atoms with E-state index in [1.165, 1.54) is 19.3 Å². The Kier molecular flexibility index (Phi) is 7.72. The Morgan fingerprint density at radius 1 is 1.16 bits per heavy atom. The molecule has 5 nitrogen and oxygen atoms in total. The summed E-state index contributed by atoms with van der Waals surface area (Å²) in [5.41, 5.74) is 1.12. The molecule has 25 heavy (non-hydrogen) atoms. The molecule has 0 spiro atoms. The molecule has 1 aliphatic rings. The van der Waals surface area contributed by atoms with Crippen molar-refractivity contribution < 1.29 is 9.53 Å². The van der Waals surface area contributed by atoms with Gasteiger partial charge in [0.25, 0.3) is 0 Å². The van der Waals surface area contributed by atoms with E-state index in [2.05, 4.69) is 23.9 Å². The number of carbonyl (C=O) groups is 1. The molecule has 0 N–H and O–H groups in total. The van der Waals surface area contributed by atoms with Crippen molar-refractivity contribution in [3.8, 4) is 5.75 Å². The van der Waals surface area contributed by atoms with Crippen molar-refractivity contribution in [2.75, 3.05) is 54.4 Å². The third-order valence-corrected chi connectivity index (χ3v) is 5.06. The van der Waals surface area contributed by atoms with Gasteiger partial charge in [-0.3, -0.25) is 9.69 Å². The zero-order valence-electron chi connectivity index (χ0n) is 16.2. The van der Waals surface area contributed by atoms with E-state index in [1.807, 2.05) is 36.2 Å². The highest BCUT2D eigenvalue weighted by Gasteiger charge is 2.22. The summed E-state index contributed by atoms with van der Waals surface area (Å²) in [6.45, 7) is 4.42. The lowest BCUT2D eigenvalue weighted by atomic mass is 9.93. The van der Waals surface area contributed by atoms with Crippen LogP contribution in [0.1, 0.15) is 24.8 Å². The van der Waals surface area contributed by atoms with Gasteiger partial charge in [-0.2, -0.15) is 0 Å². The van der Waals surface area contributed by atoms with Gasteiger partial charge in [0.1, 0.15) is 5.75 Å². The number of ether oxygens (including phenoxy) is 1. The van der Waals surface area contributed by atoms with Gasteiger partial charge in [0.2, 0.25) is 5.91 Å². The summed E-state index contributed by atoms with van der Waals surface area (Å²) in [6.07, 6.45) is 3.69. The average Bonchev–Trinajstić information content (AvgIpc) is 2.61. The highest BCUT2D eigenvalue weighted by molar-refractivity contribution is 5.78. The molecule has 5 heteroatoms. The third kappa shape index (κ3) is 6.67. The smallest absolute Gasteiger partial charge is 0.236 e. The van der Waals surface area contributed by atoms with Crippen LogP contribution in [0.25, 0.3) is 0 Å². The highest BCUT2D eigenvalue weighted by atomic mass is 16.5. The fourth-order valence-electron chi connectivity index (χ4n) is 3.28. The van der Waals surface area contributed by atoms with Crippen LogP contribution >= 0.6 is 0 Å². The molecule has 1 heterocycles. The van der Waals surface area contributed by atoms with Gasteiger partial charge in [-0.25, -0.2) is 0 Å². The second-order valence-corrected chi connectivity index (χ2v) is 7.41. The van der Waals surface area contributed by atoms with Gasteiger partial charge in [0.15, 0.2) is 0 Å². The molecule has 1 amide bonds. The topological polar surface area (TPSA) is 36.0 Å². The summed E-state index contributed by atoms with van der Waals surface area (Å²) in [5.74, 6) is 1.85. The Balaban J connectivity index is 1.72. The molecule has 1 aromatic rings. The van der Waals surface area contributed by atoms with Crippen LogP contribution in [-0.2, 0) is 11.3 Å². The molecule has 1 aromatic carbocycles. The first-order chi connectivity index (χ1) is 12.0. The first kappa shape index (κ1) is 19.7. The number of hydrogen-bond acceptors (Lipinski definition) is 4. The van der Waals surface area contributed by atoms with Crippen LogP contribution in [0.5, 0.6) is 5.75 Å². The Bertz CT molecular complexity index is 522. The van der Waals surface area contributed by atoms with Gasteiger partial charge in [-0.15, -0.1) is 0 Å². The van der Waals surface area contributed by atoms with E-state index in [4.69, 9.17) is 4.74 Å². The summed E-state index contributed by atoms with van der Waals surface area (Å²) >= 11 is 0. The molecule has 0 bridgehead atoms. The van der Waals surface area contributed by atoms with Gasteiger partial charge < -0.3 is 14.5 Å². The number of benzene rings is 1. The first-order valence-electron chi connectivity index (χ1n) is 9.22. The zero-order chi connectivity index (χ0) is 18.2. The summed E-state index contributed by atoms with van der Waals surface area (Å²) in [6, 6.07) is 7.90. The minimum Gasteiger partial charge on any atom is -0.497 e. The molecular formula is C20H33N3O2. The number of likely N-dealkylation sites (tertiary alicyclic amines) is 1. The lowest BCUT2D eigenvalue weighted by molar-refractivity contribution is -0.132. The Hall–Kier alpha value is -1.59. The van der Waals surface area contributed by atoms with E-state index in [0.717, 1.165) is 36.9 Å². The van der Waals surface area contributed by atoms with Crippen molar-refractivity contribution in [3.63, 3.8) is 0 Å². The average molecular weight is 348 g/mol. The number of nitrogens with zero attached hydrogens (tertiary/aromatic N) is 3. The van der Waals surface area contributed by atoms with E-state index in [-0.39, 0.29) is 5.91 Å². The van der Waals surface area contributed by atoms with Gasteiger partial charge in [-0.05, 0) is 76.6 Å². The van der Waals surface area contributed by atoms with Crippen molar-refractivity contribution in [3.05, 3.63) is 29.8 Å². The molecule has 1 saturated heterocycles. The third-order valence-electron chi connectivity index (χ3n) is 5.06. The number of carbonyl (C=O) groups excluding carboxylic acids is 1. The number of piperidine rings is 1. The van der Waals surface area contributed by atoms with E-state index in [1.54, 1.807) is 7.11 Å². The van der Waals surface area contributed by atoms with Crippen LogP contribution < -0.4 is 4.74 Å². The molecule has 0 saturated carbocycles. The molecule has 0 aliphatic carbocycles. The van der Waals surface area contributed by atoms with Crippen LogP contribution in [0.3, 0.4) is 0 Å². The highest BCUT2D eigenvalue weighted by Crippen LogP contribution is 2.20. The Morgan fingerprint density at radius 3 is 2.36 bits per heavy atom. The van der Waals surface area contributed by atoms with Gasteiger partial charge in [-0.1, -0.05) is 12.1 Å². The maximum Gasteiger partial charge on any atom is 0.236 e. The van der Waals surface area contributed by atoms with E-state index < -0.39 is 0 Å². The van der Waals surface area contributed by atoms with Crippen LogP contribution in [0, 0.1) is 5.92 Å². The van der Waals surface area contributed by atoms with E-state index in [0.29, 0.717) is 13.1 Å². The maximum atomic E-state index is 12.5. The summed E-state index contributed by atoms with van der Waals surface area (Å²) < 4.78 is 5.17. The minimum absolute atomic E-state index is 0.197. The van der Waals surface area contributed by atoms with Crippen LogP contribution in [0.2, 0.25) is 0 Å². The SMILES string of the molecule is COc1ccc(CN(C)C(=O)CN2CCC(CCN(C)C)CC2)cc1. The lowest BCUT2D eigenvalue weighted by Gasteiger charge is -2.33. The second kappa shape index (κ2) is 9.78. The normalized spacial score (nSPS) is 16.2. The number of methoxy groups -OCH3 is 1. The molecule has 0 aromatic heterocycles.